The third kappa shape index (κ3) is 5.39. The number of hydrogen-bond acceptors (Lipinski definition) is 1. The van der Waals surface area contributed by atoms with Crippen molar-refractivity contribution >= 4 is 0 Å². The van der Waals surface area contributed by atoms with E-state index < -0.39 is 0 Å². The van der Waals surface area contributed by atoms with E-state index in [0.29, 0.717) is 0 Å². The van der Waals surface area contributed by atoms with Crippen molar-refractivity contribution in [1.29, 1.82) is 0 Å². The Kier molecular flexibility index (Phi) is 7.03. The molecular weight excluding hydrogens is 194 g/mol. The quantitative estimate of drug-likeness (QED) is 0.598. The molecule has 92 valence electrons. The van der Waals surface area contributed by atoms with Gasteiger partial charge in [-0.25, -0.2) is 0 Å². The molecule has 1 atom stereocenters. The molecule has 0 radical (unpaired) electrons. The maximum Gasteiger partial charge on any atom is 0.0330 e. The van der Waals surface area contributed by atoms with E-state index in [1.54, 1.807) is 0 Å². The third-order valence-corrected chi connectivity index (χ3v) is 3.53. The van der Waals surface area contributed by atoms with Crippen LogP contribution in [0.25, 0.3) is 0 Å². The standard InChI is InChI=1S/C15H27N/c1-3-5-6-7-14(4-2)8-9-15-10-12-16-13-11-15/h10-12,14,16H,3-9,13H2,1-2H3. The fraction of sp³-hybridized carbons (Fsp3) is 0.733. The Hall–Kier alpha value is -0.720. The number of hydrogen-bond donors (Lipinski definition) is 1. The van der Waals surface area contributed by atoms with Gasteiger partial charge in [-0.3, -0.25) is 0 Å². The third-order valence-electron chi connectivity index (χ3n) is 3.53. The molecule has 0 spiro atoms. The van der Waals surface area contributed by atoms with E-state index in [1.165, 1.54) is 50.5 Å². The highest BCUT2D eigenvalue weighted by Gasteiger charge is 2.07. The molecule has 0 aromatic heterocycles. The van der Waals surface area contributed by atoms with Crippen LogP contribution in [0.4, 0.5) is 0 Å². The highest BCUT2D eigenvalue weighted by molar-refractivity contribution is 5.21. The first kappa shape index (κ1) is 13.3. The molecule has 0 bridgehead atoms. The molecule has 1 aliphatic heterocycles. The first-order valence-electron chi connectivity index (χ1n) is 6.95. The molecule has 1 heteroatoms. The van der Waals surface area contributed by atoms with E-state index in [9.17, 15) is 0 Å². The van der Waals surface area contributed by atoms with Gasteiger partial charge in [-0.05, 0) is 36.6 Å². The van der Waals surface area contributed by atoms with Crippen molar-refractivity contribution in [2.24, 2.45) is 5.92 Å². The van der Waals surface area contributed by atoms with Crippen molar-refractivity contribution in [3.63, 3.8) is 0 Å². The van der Waals surface area contributed by atoms with Crippen LogP contribution >= 0.6 is 0 Å². The SMILES string of the molecule is CCCCCC(CC)CCC1=CCNC=C1. The van der Waals surface area contributed by atoms with Crippen molar-refractivity contribution in [1.82, 2.24) is 5.32 Å². The lowest BCUT2D eigenvalue weighted by Gasteiger charge is -2.16. The predicted molar refractivity (Wildman–Crippen MR) is 72.4 cm³/mol. The summed E-state index contributed by atoms with van der Waals surface area (Å²) >= 11 is 0. The smallest absolute Gasteiger partial charge is 0.0330 e. The van der Waals surface area contributed by atoms with E-state index in [4.69, 9.17) is 0 Å². The van der Waals surface area contributed by atoms with E-state index >= 15 is 0 Å². The van der Waals surface area contributed by atoms with Gasteiger partial charge in [0.2, 0.25) is 0 Å². The maximum absolute atomic E-state index is 3.20. The number of dihydropyridines is 1. The first-order chi connectivity index (χ1) is 7.86. The van der Waals surface area contributed by atoms with Crippen molar-refractivity contribution < 1.29 is 0 Å². The fourth-order valence-corrected chi connectivity index (χ4v) is 2.28. The normalized spacial score (nSPS) is 16.8. The number of nitrogens with one attached hydrogen (secondary N) is 1. The van der Waals surface area contributed by atoms with E-state index in [-0.39, 0.29) is 0 Å². The van der Waals surface area contributed by atoms with Crippen molar-refractivity contribution in [2.45, 2.75) is 58.8 Å². The van der Waals surface area contributed by atoms with Crippen LogP contribution < -0.4 is 5.32 Å². The maximum atomic E-state index is 3.20. The van der Waals surface area contributed by atoms with Crippen LogP contribution in [0.3, 0.4) is 0 Å². The van der Waals surface area contributed by atoms with E-state index in [0.717, 1.165) is 12.5 Å². The highest BCUT2D eigenvalue weighted by atomic mass is 14.8. The lowest BCUT2D eigenvalue weighted by molar-refractivity contribution is 0.417. The minimum atomic E-state index is 0.940. The molecule has 1 rings (SSSR count). The molecule has 0 aromatic carbocycles. The van der Waals surface area contributed by atoms with Crippen molar-refractivity contribution in [2.75, 3.05) is 6.54 Å². The summed E-state index contributed by atoms with van der Waals surface area (Å²) in [6.07, 6.45) is 16.2. The minimum absolute atomic E-state index is 0.940. The number of allylic oxidation sites excluding steroid dienone is 2. The molecule has 1 unspecified atom stereocenters. The molecule has 0 fully saturated rings. The zero-order valence-corrected chi connectivity index (χ0v) is 11.0. The molecule has 1 aliphatic rings. The van der Waals surface area contributed by atoms with Crippen LogP contribution in [0, 0.1) is 5.92 Å². The molecular formula is C15H27N. The minimum Gasteiger partial charge on any atom is -0.387 e. The second kappa shape index (κ2) is 8.43. The second-order valence-corrected chi connectivity index (χ2v) is 4.83. The molecule has 0 saturated heterocycles. The van der Waals surface area contributed by atoms with Crippen LogP contribution in [0.15, 0.2) is 23.9 Å². The summed E-state index contributed by atoms with van der Waals surface area (Å²) in [5, 5.41) is 3.20. The Morgan fingerprint density at radius 2 is 2.12 bits per heavy atom. The number of rotatable bonds is 8. The van der Waals surface area contributed by atoms with Gasteiger partial charge >= 0.3 is 0 Å². The van der Waals surface area contributed by atoms with Crippen molar-refractivity contribution in [3.8, 4) is 0 Å². The zero-order chi connectivity index (χ0) is 11.6. The lowest BCUT2D eigenvalue weighted by atomic mass is 9.91. The largest absolute Gasteiger partial charge is 0.387 e. The Labute approximate surface area is 101 Å². The summed E-state index contributed by atoms with van der Waals surface area (Å²) in [6.45, 7) is 5.63. The van der Waals surface area contributed by atoms with Gasteiger partial charge in [-0.1, -0.05) is 52.0 Å². The van der Waals surface area contributed by atoms with Crippen LogP contribution in [0.5, 0.6) is 0 Å². The lowest BCUT2D eigenvalue weighted by Crippen LogP contribution is -2.09. The molecule has 0 aliphatic carbocycles. The summed E-state index contributed by atoms with van der Waals surface area (Å²) in [7, 11) is 0. The molecule has 1 heterocycles. The molecule has 0 saturated carbocycles. The summed E-state index contributed by atoms with van der Waals surface area (Å²) in [4.78, 5) is 0. The Bertz CT molecular complexity index is 228. The van der Waals surface area contributed by atoms with Crippen LogP contribution in [0.1, 0.15) is 58.8 Å². The summed E-state index contributed by atoms with van der Waals surface area (Å²) in [5.41, 5.74) is 1.52. The molecule has 0 amide bonds. The zero-order valence-electron chi connectivity index (χ0n) is 11.0. The van der Waals surface area contributed by atoms with Crippen LogP contribution in [0.2, 0.25) is 0 Å². The van der Waals surface area contributed by atoms with Gasteiger partial charge in [0.15, 0.2) is 0 Å². The molecule has 16 heavy (non-hydrogen) atoms. The molecule has 0 aromatic rings. The predicted octanol–water partition coefficient (Wildman–Crippen LogP) is 4.42. The van der Waals surface area contributed by atoms with Gasteiger partial charge in [0.05, 0.1) is 0 Å². The molecule has 1 N–H and O–H groups in total. The van der Waals surface area contributed by atoms with E-state index in [1.807, 2.05) is 0 Å². The highest BCUT2D eigenvalue weighted by Crippen LogP contribution is 2.22. The average molecular weight is 221 g/mol. The van der Waals surface area contributed by atoms with Gasteiger partial charge < -0.3 is 5.32 Å². The van der Waals surface area contributed by atoms with Crippen LogP contribution in [-0.4, -0.2) is 6.54 Å². The molecule has 1 nitrogen and oxygen atoms in total. The Morgan fingerprint density at radius 3 is 2.75 bits per heavy atom. The Morgan fingerprint density at radius 1 is 1.25 bits per heavy atom. The summed E-state index contributed by atoms with van der Waals surface area (Å²) < 4.78 is 0. The van der Waals surface area contributed by atoms with E-state index in [2.05, 4.69) is 37.5 Å². The van der Waals surface area contributed by atoms with Gasteiger partial charge in [0.1, 0.15) is 0 Å². The van der Waals surface area contributed by atoms with Crippen molar-refractivity contribution in [3.05, 3.63) is 23.9 Å². The van der Waals surface area contributed by atoms with Gasteiger partial charge in [-0.15, -0.1) is 0 Å². The average Bonchev–Trinajstić information content (AvgIpc) is 2.35. The first-order valence-corrected chi connectivity index (χ1v) is 6.95. The van der Waals surface area contributed by atoms with Gasteiger partial charge in [0, 0.05) is 6.54 Å². The second-order valence-electron chi connectivity index (χ2n) is 4.83. The monoisotopic (exact) mass is 221 g/mol. The van der Waals surface area contributed by atoms with Crippen LogP contribution in [-0.2, 0) is 0 Å². The summed E-state index contributed by atoms with van der Waals surface area (Å²) in [6, 6.07) is 0. The Balaban J connectivity index is 2.17. The summed E-state index contributed by atoms with van der Waals surface area (Å²) in [5.74, 6) is 0.940. The topological polar surface area (TPSA) is 12.0 Å². The number of unbranched alkanes of at least 4 members (excludes halogenated alkanes) is 2. The fourth-order valence-electron chi connectivity index (χ4n) is 2.28. The van der Waals surface area contributed by atoms with Gasteiger partial charge in [-0.2, -0.15) is 0 Å². The van der Waals surface area contributed by atoms with Gasteiger partial charge in [0.25, 0.3) is 0 Å².